The predicted molar refractivity (Wildman–Crippen MR) is 87.8 cm³/mol. The average Bonchev–Trinajstić information content (AvgIpc) is 3.22. The number of aromatic nitrogens is 6. The number of ether oxygens (including phenoxy) is 1. The molecule has 0 atom stereocenters. The van der Waals surface area contributed by atoms with Crippen LogP contribution >= 0.6 is 11.8 Å². The molecule has 0 spiro atoms. The Bertz CT molecular complexity index is 769. The molecule has 3 rings (SSSR count). The highest BCUT2D eigenvalue weighted by Crippen LogP contribution is 2.25. The summed E-state index contributed by atoms with van der Waals surface area (Å²) < 4.78 is 9.15. The Labute approximate surface area is 138 Å². The molecule has 0 N–H and O–H groups in total. The van der Waals surface area contributed by atoms with Gasteiger partial charge in [0.15, 0.2) is 11.0 Å². The monoisotopic (exact) mass is 330 g/mol. The third kappa shape index (κ3) is 3.53. The Morgan fingerprint density at radius 1 is 1.30 bits per heavy atom. The van der Waals surface area contributed by atoms with Gasteiger partial charge in [-0.2, -0.15) is 0 Å². The molecule has 0 unspecified atom stereocenters. The third-order valence-corrected chi connectivity index (χ3v) is 4.27. The molecule has 0 bridgehead atoms. The summed E-state index contributed by atoms with van der Waals surface area (Å²) in [5.41, 5.74) is 1.01. The van der Waals surface area contributed by atoms with E-state index in [0.717, 1.165) is 35.4 Å². The summed E-state index contributed by atoms with van der Waals surface area (Å²) in [6.07, 6.45) is 4.73. The summed E-state index contributed by atoms with van der Waals surface area (Å²) >= 11 is 1.61. The van der Waals surface area contributed by atoms with Gasteiger partial charge in [0.2, 0.25) is 0 Å². The highest BCUT2D eigenvalue weighted by atomic mass is 32.2. The van der Waals surface area contributed by atoms with E-state index in [4.69, 9.17) is 4.74 Å². The lowest BCUT2D eigenvalue weighted by atomic mass is 10.3. The summed E-state index contributed by atoms with van der Waals surface area (Å²) in [6, 6.07) is 7.89. The van der Waals surface area contributed by atoms with E-state index < -0.39 is 0 Å². The topological polar surface area (TPSA) is 70.7 Å². The number of tetrazole rings is 1. The van der Waals surface area contributed by atoms with Gasteiger partial charge in [-0.05, 0) is 29.0 Å². The van der Waals surface area contributed by atoms with Crippen LogP contribution in [0.5, 0.6) is 5.75 Å². The van der Waals surface area contributed by atoms with E-state index in [1.165, 1.54) is 0 Å². The van der Waals surface area contributed by atoms with Gasteiger partial charge in [-0.15, -0.1) is 5.10 Å². The summed E-state index contributed by atoms with van der Waals surface area (Å²) in [7, 11) is 1.66. The van der Waals surface area contributed by atoms with E-state index in [2.05, 4.69) is 27.4 Å². The Morgan fingerprint density at radius 3 is 3.04 bits per heavy atom. The quantitative estimate of drug-likeness (QED) is 0.620. The zero-order valence-electron chi connectivity index (χ0n) is 13.1. The van der Waals surface area contributed by atoms with Crippen LogP contribution in [-0.2, 0) is 12.3 Å². The molecule has 120 valence electrons. The van der Waals surface area contributed by atoms with Crippen molar-refractivity contribution in [2.24, 2.45) is 0 Å². The zero-order chi connectivity index (χ0) is 16.1. The molecule has 0 amide bonds. The second-order valence-electron chi connectivity index (χ2n) is 4.89. The molecule has 23 heavy (non-hydrogen) atoms. The van der Waals surface area contributed by atoms with Crippen molar-refractivity contribution < 1.29 is 4.74 Å². The van der Waals surface area contributed by atoms with Crippen molar-refractivity contribution in [1.82, 2.24) is 29.8 Å². The van der Waals surface area contributed by atoms with Crippen LogP contribution in [0.4, 0.5) is 0 Å². The zero-order valence-corrected chi connectivity index (χ0v) is 13.9. The van der Waals surface area contributed by atoms with E-state index in [0.29, 0.717) is 5.75 Å². The molecule has 1 aromatic carbocycles. The maximum atomic E-state index is 5.28. The molecule has 2 aromatic heterocycles. The summed E-state index contributed by atoms with van der Waals surface area (Å²) in [5.74, 6) is 2.35. The van der Waals surface area contributed by atoms with E-state index in [1.54, 1.807) is 25.1 Å². The Hall–Kier alpha value is -2.35. The Morgan fingerprint density at radius 2 is 2.22 bits per heavy atom. The summed E-state index contributed by atoms with van der Waals surface area (Å²) in [4.78, 5) is 4.43. The summed E-state index contributed by atoms with van der Waals surface area (Å²) in [5, 5.41) is 12.7. The fourth-order valence-corrected chi connectivity index (χ4v) is 3.10. The minimum absolute atomic E-state index is 0.675. The van der Waals surface area contributed by atoms with Gasteiger partial charge in [0.1, 0.15) is 5.75 Å². The first-order chi connectivity index (χ1) is 11.3. The van der Waals surface area contributed by atoms with Crippen LogP contribution in [0.2, 0.25) is 0 Å². The maximum absolute atomic E-state index is 5.28. The van der Waals surface area contributed by atoms with Crippen LogP contribution in [0.25, 0.3) is 5.69 Å². The van der Waals surface area contributed by atoms with Gasteiger partial charge in [-0.1, -0.05) is 24.8 Å². The number of rotatable bonds is 7. The van der Waals surface area contributed by atoms with Crippen LogP contribution < -0.4 is 4.74 Å². The van der Waals surface area contributed by atoms with Gasteiger partial charge in [-0.3, -0.25) is 4.57 Å². The lowest BCUT2D eigenvalue weighted by Gasteiger charge is -2.09. The van der Waals surface area contributed by atoms with Crippen LogP contribution in [0.15, 0.2) is 41.8 Å². The van der Waals surface area contributed by atoms with Crippen molar-refractivity contribution in [3.05, 3.63) is 42.5 Å². The minimum atomic E-state index is 0.675. The molecule has 0 aliphatic carbocycles. The lowest BCUT2D eigenvalue weighted by molar-refractivity contribution is 0.414. The molecule has 3 aromatic rings. The standard InChI is InChI=1S/C15H18N6OS/c1-3-8-21-14(17-18-19-21)11-23-15-16-7-9-20(15)12-5-4-6-13(10-12)22-2/h4-7,9-10H,3,8,11H2,1-2H3. The van der Waals surface area contributed by atoms with Gasteiger partial charge < -0.3 is 4.74 Å². The molecule has 0 radical (unpaired) electrons. The molecule has 0 aliphatic heterocycles. The molecule has 8 heteroatoms. The molecule has 2 heterocycles. The van der Waals surface area contributed by atoms with E-state index >= 15 is 0 Å². The molecule has 0 aliphatic rings. The highest BCUT2D eigenvalue weighted by Gasteiger charge is 2.10. The van der Waals surface area contributed by atoms with Crippen LogP contribution in [-0.4, -0.2) is 36.9 Å². The fraction of sp³-hybridized carbons (Fsp3) is 0.333. The van der Waals surface area contributed by atoms with Gasteiger partial charge >= 0.3 is 0 Å². The Balaban J connectivity index is 1.77. The van der Waals surface area contributed by atoms with Crippen molar-refractivity contribution in [1.29, 1.82) is 0 Å². The third-order valence-electron chi connectivity index (χ3n) is 3.31. The maximum Gasteiger partial charge on any atom is 0.173 e. The van der Waals surface area contributed by atoms with Crippen LogP contribution in [0, 0.1) is 0 Å². The second-order valence-corrected chi connectivity index (χ2v) is 5.83. The second kappa shape index (κ2) is 7.28. The number of aryl methyl sites for hydroxylation is 1. The average molecular weight is 330 g/mol. The van der Waals surface area contributed by atoms with E-state index in [9.17, 15) is 0 Å². The van der Waals surface area contributed by atoms with Gasteiger partial charge in [0.05, 0.1) is 18.6 Å². The largest absolute Gasteiger partial charge is 0.497 e. The van der Waals surface area contributed by atoms with Gasteiger partial charge in [0.25, 0.3) is 0 Å². The van der Waals surface area contributed by atoms with E-state index in [1.807, 2.05) is 39.7 Å². The van der Waals surface area contributed by atoms with Crippen LogP contribution in [0.3, 0.4) is 0 Å². The number of nitrogens with zero attached hydrogens (tertiary/aromatic N) is 6. The van der Waals surface area contributed by atoms with Gasteiger partial charge in [0, 0.05) is 25.0 Å². The smallest absolute Gasteiger partial charge is 0.173 e. The molecular weight excluding hydrogens is 312 g/mol. The highest BCUT2D eigenvalue weighted by molar-refractivity contribution is 7.98. The SMILES string of the molecule is CCCn1nnnc1CSc1nccn1-c1cccc(OC)c1. The number of imidazole rings is 1. The lowest BCUT2D eigenvalue weighted by Crippen LogP contribution is -2.04. The molecule has 7 nitrogen and oxygen atoms in total. The van der Waals surface area contributed by atoms with Crippen molar-refractivity contribution in [3.8, 4) is 11.4 Å². The predicted octanol–water partition coefficient (Wildman–Crippen LogP) is 2.57. The molecule has 0 fully saturated rings. The van der Waals surface area contributed by atoms with E-state index in [-0.39, 0.29) is 0 Å². The fourth-order valence-electron chi connectivity index (χ4n) is 2.19. The number of hydrogen-bond acceptors (Lipinski definition) is 6. The first kappa shape index (κ1) is 15.5. The number of hydrogen-bond donors (Lipinski definition) is 0. The first-order valence-electron chi connectivity index (χ1n) is 7.37. The minimum Gasteiger partial charge on any atom is -0.497 e. The first-order valence-corrected chi connectivity index (χ1v) is 8.36. The number of thioether (sulfide) groups is 1. The normalized spacial score (nSPS) is 10.9. The molecular formula is C15H18N6OS. The van der Waals surface area contributed by atoms with Crippen molar-refractivity contribution in [2.45, 2.75) is 30.8 Å². The molecule has 0 saturated carbocycles. The number of methoxy groups -OCH3 is 1. The summed E-state index contributed by atoms with van der Waals surface area (Å²) in [6.45, 7) is 2.93. The molecule has 0 saturated heterocycles. The van der Waals surface area contributed by atoms with Gasteiger partial charge in [-0.25, -0.2) is 9.67 Å². The van der Waals surface area contributed by atoms with Crippen molar-refractivity contribution >= 4 is 11.8 Å². The number of benzene rings is 1. The van der Waals surface area contributed by atoms with Crippen LogP contribution in [0.1, 0.15) is 19.2 Å². The van der Waals surface area contributed by atoms with Crippen molar-refractivity contribution in [3.63, 3.8) is 0 Å². The Kier molecular flexibility index (Phi) is 4.92. The van der Waals surface area contributed by atoms with Crippen molar-refractivity contribution in [2.75, 3.05) is 7.11 Å².